The molecule has 0 aliphatic carbocycles. The molecule has 0 unspecified atom stereocenters. The van der Waals surface area contributed by atoms with Gasteiger partial charge in [-0.1, -0.05) is 11.6 Å². The monoisotopic (exact) mass is 315 g/mol. The molecule has 0 spiro atoms. The molecule has 7 heteroatoms. The number of esters is 2. The summed E-state index contributed by atoms with van der Waals surface area (Å²) in [5.41, 5.74) is 0.572. The van der Waals surface area contributed by atoms with E-state index < -0.39 is 11.9 Å². The summed E-state index contributed by atoms with van der Waals surface area (Å²) in [6, 6.07) is 5.20. The van der Waals surface area contributed by atoms with Crippen molar-refractivity contribution in [2.45, 2.75) is 4.90 Å². The molecule has 20 heavy (non-hydrogen) atoms. The number of rotatable bonds is 5. The van der Waals surface area contributed by atoms with Gasteiger partial charge >= 0.3 is 11.9 Å². The molecule has 0 aliphatic heterocycles. The summed E-state index contributed by atoms with van der Waals surface area (Å²) in [6.07, 6.45) is 2.91. The van der Waals surface area contributed by atoms with Crippen molar-refractivity contribution in [3.8, 4) is 0 Å². The zero-order valence-electron chi connectivity index (χ0n) is 11.2. The Morgan fingerprint density at radius 3 is 2.55 bits per heavy atom. The second kappa shape index (κ2) is 7.81. The number of halogens is 1. The van der Waals surface area contributed by atoms with Crippen LogP contribution in [0.3, 0.4) is 0 Å². The first-order valence-electron chi connectivity index (χ1n) is 5.50. The first kappa shape index (κ1) is 16.4. The minimum Gasteiger partial charge on any atom is -0.466 e. The molecule has 1 N–H and O–H groups in total. The second-order valence-corrected chi connectivity index (χ2v) is 4.83. The minimum atomic E-state index is -0.678. The Bertz CT molecular complexity index is 545. The predicted molar refractivity (Wildman–Crippen MR) is 79.0 cm³/mol. The fourth-order valence-electron chi connectivity index (χ4n) is 1.36. The number of benzene rings is 1. The molecule has 0 heterocycles. The van der Waals surface area contributed by atoms with Gasteiger partial charge in [0, 0.05) is 9.92 Å². The van der Waals surface area contributed by atoms with Crippen molar-refractivity contribution in [3.63, 3.8) is 0 Å². The third-order valence-electron chi connectivity index (χ3n) is 2.30. The van der Waals surface area contributed by atoms with Gasteiger partial charge in [0.25, 0.3) is 0 Å². The van der Waals surface area contributed by atoms with Crippen molar-refractivity contribution >= 4 is 41.0 Å². The lowest BCUT2D eigenvalue weighted by atomic mass is 10.3. The molecule has 5 nitrogen and oxygen atoms in total. The molecule has 0 saturated carbocycles. The lowest BCUT2D eigenvalue weighted by Gasteiger charge is -2.12. The number of thioether (sulfide) groups is 1. The van der Waals surface area contributed by atoms with Crippen LogP contribution in [0.25, 0.3) is 0 Å². The van der Waals surface area contributed by atoms with Crippen LogP contribution in [0.15, 0.2) is 34.9 Å². The Hall–Kier alpha value is -1.66. The number of methoxy groups -OCH3 is 2. The fourth-order valence-corrected chi connectivity index (χ4v) is 2.06. The fraction of sp³-hybridized carbons (Fsp3) is 0.231. The zero-order chi connectivity index (χ0) is 15.1. The normalized spacial score (nSPS) is 10.9. The van der Waals surface area contributed by atoms with Gasteiger partial charge in [-0.05, 0) is 24.5 Å². The quantitative estimate of drug-likeness (QED) is 0.512. The molecular weight excluding hydrogens is 302 g/mol. The Labute approximate surface area is 126 Å². The summed E-state index contributed by atoms with van der Waals surface area (Å²) < 4.78 is 9.12. The van der Waals surface area contributed by atoms with Gasteiger partial charge in [-0.3, -0.25) is 0 Å². The molecule has 0 amide bonds. The average Bonchev–Trinajstić information content (AvgIpc) is 2.45. The van der Waals surface area contributed by atoms with E-state index >= 15 is 0 Å². The van der Waals surface area contributed by atoms with Crippen molar-refractivity contribution in [3.05, 3.63) is 35.0 Å². The Kier molecular flexibility index (Phi) is 6.41. The summed E-state index contributed by atoms with van der Waals surface area (Å²) in [4.78, 5) is 23.8. The van der Waals surface area contributed by atoms with Crippen LogP contribution in [0.1, 0.15) is 0 Å². The number of carbonyl (C=O) groups is 2. The molecular formula is C13H14ClNO4S. The zero-order valence-corrected chi connectivity index (χ0v) is 12.8. The Balaban J connectivity index is 3.13. The number of ether oxygens (including phenoxy) is 2. The molecule has 0 radical (unpaired) electrons. The van der Waals surface area contributed by atoms with Crippen LogP contribution in [0.2, 0.25) is 5.02 Å². The van der Waals surface area contributed by atoms with E-state index in [0.29, 0.717) is 10.7 Å². The maximum Gasteiger partial charge on any atom is 0.354 e. The number of nitrogens with one attached hydrogen (secondary N) is 1. The van der Waals surface area contributed by atoms with Gasteiger partial charge in [-0.2, -0.15) is 0 Å². The van der Waals surface area contributed by atoms with Gasteiger partial charge in [0.1, 0.15) is 5.70 Å². The maximum atomic E-state index is 11.7. The highest BCUT2D eigenvalue weighted by atomic mass is 35.5. The van der Waals surface area contributed by atoms with E-state index in [1.807, 2.05) is 12.3 Å². The molecule has 1 aromatic rings. The molecule has 0 saturated heterocycles. The topological polar surface area (TPSA) is 64.6 Å². The van der Waals surface area contributed by atoms with Gasteiger partial charge < -0.3 is 14.8 Å². The molecule has 0 fully saturated rings. The highest BCUT2D eigenvalue weighted by molar-refractivity contribution is 7.98. The lowest BCUT2D eigenvalue weighted by Crippen LogP contribution is -2.15. The second-order valence-electron chi connectivity index (χ2n) is 3.54. The molecule has 0 bridgehead atoms. The van der Waals surface area contributed by atoms with Crippen LogP contribution in [0.4, 0.5) is 5.69 Å². The summed E-state index contributed by atoms with van der Waals surface area (Å²) in [7, 11) is 2.45. The number of hydrogen-bond acceptors (Lipinski definition) is 6. The summed E-state index contributed by atoms with van der Waals surface area (Å²) in [5, 5.41) is 3.34. The van der Waals surface area contributed by atoms with Gasteiger partial charge in [0.2, 0.25) is 0 Å². The van der Waals surface area contributed by atoms with Crippen LogP contribution < -0.4 is 5.32 Å². The molecule has 0 atom stereocenters. The van der Waals surface area contributed by atoms with Crippen LogP contribution in [0.5, 0.6) is 0 Å². The van der Waals surface area contributed by atoms with Crippen LogP contribution in [-0.2, 0) is 19.1 Å². The summed E-state index contributed by atoms with van der Waals surface area (Å²) in [6.45, 7) is 0. The van der Waals surface area contributed by atoms with Gasteiger partial charge in [0.05, 0.1) is 26.0 Å². The van der Waals surface area contributed by atoms with E-state index in [9.17, 15) is 9.59 Å². The lowest BCUT2D eigenvalue weighted by molar-refractivity contribution is -0.138. The largest absolute Gasteiger partial charge is 0.466 e. The van der Waals surface area contributed by atoms with Gasteiger partial charge in [-0.25, -0.2) is 9.59 Å². The summed E-state index contributed by atoms with van der Waals surface area (Å²) in [5.74, 6) is -1.34. The SMILES string of the molecule is COC(=O)/C=C(/Nc1cc(Cl)ccc1SC)C(=O)OC. The maximum absolute atomic E-state index is 11.7. The first-order valence-corrected chi connectivity index (χ1v) is 7.10. The highest BCUT2D eigenvalue weighted by Gasteiger charge is 2.14. The van der Waals surface area contributed by atoms with Crippen molar-refractivity contribution < 1.29 is 19.1 Å². The van der Waals surface area contributed by atoms with E-state index in [0.717, 1.165) is 11.0 Å². The Morgan fingerprint density at radius 1 is 1.30 bits per heavy atom. The van der Waals surface area contributed by atoms with E-state index in [2.05, 4.69) is 14.8 Å². The molecule has 108 valence electrons. The van der Waals surface area contributed by atoms with Crippen molar-refractivity contribution in [1.82, 2.24) is 0 Å². The van der Waals surface area contributed by atoms with Crippen molar-refractivity contribution in [1.29, 1.82) is 0 Å². The van der Waals surface area contributed by atoms with Crippen LogP contribution in [0, 0.1) is 0 Å². The molecule has 0 aromatic heterocycles. The third-order valence-corrected chi connectivity index (χ3v) is 3.33. The predicted octanol–water partition coefficient (Wildman–Crippen LogP) is 2.70. The highest BCUT2D eigenvalue weighted by Crippen LogP contribution is 2.29. The first-order chi connectivity index (χ1) is 9.51. The standard InChI is InChI=1S/C13H14ClNO4S/c1-18-12(16)7-10(13(17)19-2)15-9-6-8(14)4-5-11(9)20-3/h4-7,15H,1-3H3/b10-7+. The molecule has 1 rings (SSSR count). The van der Waals surface area contributed by atoms with Crippen molar-refractivity contribution in [2.24, 2.45) is 0 Å². The number of anilines is 1. The Morgan fingerprint density at radius 2 is 2.00 bits per heavy atom. The smallest absolute Gasteiger partial charge is 0.354 e. The van der Waals surface area contributed by atoms with Crippen LogP contribution >= 0.6 is 23.4 Å². The van der Waals surface area contributed by atoms with E-state index in [1.165, 1.54) is 26.0 Å². The molecule has 0 aliphatic rings. The van der Waals surface area contributed by atoms with Crippen LogP contribution in [-0.4, -0.2) is 32.4 Å². The van der Waals surface area contributed by atoms with Gasteiger partial charge in [0.15, 0.2) is 0 Å². The summed E-state index contributed by atoms with van der Waals surface area (Å²) >= 11 is 7.40. The molecule has 1 aromatic carbocycles. The van der Waals surface area contributed by atoms with E-state index in [4.69, 9.17) is 11.6 Å². The van der Waals surface area contributed by atoms with E-state index in [1.54, 1.807) is 12.1 Å². The van der Waals surface area contributed by atoms with Gasteiger partial charge in [-0.15, -0.1) is 11.8 Å². The third kappa shape index (κ3) is 4.47. The average molecular weight is 316 g/mol. The number of hydrogen-bond donors (Lipinski definition) is 1. The number of carbonyl (C=O) groups excluding carboxylic acids is 2. The van der Waals surface area contributed by atoms with E-state index in [-0.39, 0.29) is 5.70 Å². The minimum absolute atomic E-state index is 0.0306. The van der Waals surface area contributed by atoms with Crippen molar-refractivity contribution in [2.75, 3.05) is 25.8 Å².